The van der Waals surface area contributed by atoms with Gasteiger partial charge >= 0.3 is 6.09 Å². The molecule has 0 radical (unpaired) electrons. The van der Waals surface area contributed by atoms with Crippen molar-refractivity contribution in [3.8, 4) is 5.75 Å². The summed E-state index contributed by atoms with van der Waals surface area (Å²) in [4.78, 5) is 11.7. The maximum Gasteiger partial charge on any atom is 0.419 e. The number of carbonyl (C=O) groups is 1. The van der Waals surface area contributed by atoms with Crippen molar-refractivity contribution in [2.45, 2.75) is 26.4 Å². The number of aromatic nitrogens is 1. The maximum atomic E-state index is 11.7. The van der Waals surface area contributed by atoms with Crippen LogP contribution in [0.15, 0.2) is 16.9 Å². The summed E-state index contributed by atoms with van der Waals surface area (Å²) in [6.07, 6.45) is 1.13. The van der Waals surface area contributed by atoms with Crippen molar-refractivity contribution in [1.82, 2.24) is 4.57 Å². The molecule has 0 saturated heterocycles. The highest BCUT2D eigenvalue weighted by atomic mass is 79.9. The van der Waals surface area contributed by atoms with Crippen molar-refractivity contribution in [3.63, 3.8) is 0 Å². The third-order valence-corrected chi connectivity index (χ3v) is 2.18. The smallest absolute Gasteiger partial charge is 0.419 e. The molecule has 0 aromatic carbocycles. The number of hydrogen-bond donors (Lipinski definition) is 0. The molecule has 0 atom stereocenters. The number of nitrogens with zero attached hydrogens (tertiary/aromatic N) is 1. The summed E-state index contributed by atoms with van der Waals surface area (Å²) >= 11 is 3.25. The third kappa shape index (κ3) is 3.27. The summed E-state index contributed by atoms with van der Waals surface area (Å²) in [6, 6.07) is 1.70. The zero-order valence-corrected chi connectivity index (χ0v) is 10.8. The first-order valence-corrected chi connectivity index (χ1v) is 5.28. The van der Waals surface area contributed by atoms with Crippen LogP contribution in [0.1, 0.15) is 20.8 Å². The lowest BCUT2D eigenvalue weighted by Gasteiger charge is -2.19. The van der Waals surface area contributed by atoms with Gasteiger partial charge in [-0.05, 0) is 36.7 Å². The fourth-order valence-electron chi connectivity index (χ4n) is 0.976. The fourth-order valence-corrected chi connectivity index (χ4v) is 1.45. The van der Waals surface area contributed by atoms with Gasteiger partial charge < -0.3 is 9.47 Å². The highest BCUT2D eigenvalue weighted by Gasteiger charge is 2.19. The van der Waals surface area contributed by atoms with Crippen LogP contribution in [0, 0.1) is 0 Å². The van der Waals surface area contributed by atoms with Crippen LogP contribution in [-0.2, 0) is 4.74 Å². The molecule has 0 unspecified atom stereocenters. The van der Waals surface area contributed by atoms with Crippen LogP contribution in [0.25, 0.3) is 0 Å². The summed E-state index contributed by atoms with van der Waals surface area (Å²) in [5, 5.41) is 0. The van der Waals surface area contributed by atoms with Crippen LogP contribution in [0.5, 0.6) is 5.75 Å². The van der Waals surface area contributed by atoms with E-state index in [1.54, 1.807) is 19.4 Å². The van der Waals surface area contributed by atoms with Crippen molar-refractivity contribution in [2.75, 3.05) is 7.11 Å². The van der Waals surface area contributed by atoms with E-state index in [0.29, 0.717) is 10.4 Å². The van der Waals surface area contributed by atoms with E-state index >= 15 is 0 Å². The second-order valence-electron chi connectivity index (χ2n) is 4.05. The van der Waals surface area contributed by atoms with Gasteiger partial charge in [0.1, 0.15) is 11.4 Å². The monoisotopic (exact) mass is 275 g/mol. The molecule has 5 heteroatoms. The Bertz CT molecular complexity index is 365. The quantitative estimate of drug-likeness (QED) is 0.791. The number of rotatable bonds is 1. The molecular formula is C10H14BrNO3. The molecule has 0 saturated carbocycles. The predicted molar refractivity (Wildman–Crippen MR) is 60.3 cm³/mol. The Morgan fingerprint density at radius 3 is 2.47 bits per heavy atom. The molecule has 0 bridgehead atoms. The summed E-state index contributed by atoms with van der Waals surface area (Å²) < 4.78 is 12.2. The molecule has 84 valence electrons. The van der Waals surface area contributed by atoms with E-state index in [1.165, 1.54) is 4.57 Å². The van der Waals surface area contributed by atoms with Crippen LogP contribution >= 0.6 is 15.9 Å². The zero-order chi connectivity index (χ0) is 11.6. The predicted octanol–water partition coefficient (Wildman–Crippen LogP) is 3.04. The molecule has 1 rings (SSSR count). The van der Waals surface area contributed by atoms with Gasteiger partial charge in [0.2, 0.25) is 0 Å². The van der Waals surface area contributed by atoms with Crippen LogP contribution in [0.3, 0.4) is 0 Å². The van der Waals surface area contributed by atoms with Gasteiger partial charge in [0, 0.05) is 6.07 Å². The number of ether oxygens (including phenoxy) is 2. The standard InChI is InChI=1S/C10H14BrNO3/c1-10(2,3)15-9(13)12-6-7(14-4)5-8(12)11/h5-6H,1-4H3. The van der Waals surface area contributed by atoms with Gasteiger partial charge in [0.05, 0.1) is 17.9 Å². The Labute approximate surface area is 97.3 Å². The van der Waals surface area contributed by atoms with Crippen LogP contribution in [0.4, 0.5) is 4.79 Å². The van der Waals surface area contributed by atoms with Gasteiger partial charge in [-0.1, -0.05) is 0 Å². The fraction of sp³-hybridized carbons (Fsp3) is 0.500. The lowest BCUT2D eigenvalue weighted by Crippen LogP contribution is -2.26. The van der Waals surface area contributed by atoms with Gasteiger partial charge in [0.25, 0.3) is 0 Å². The molecule has 0 aliphatic carbocycles. The van der Waals surface area contributed by atoms with Crippen LogP contribution < -0.4 is 4.74 Å². The van der Waals surface area contributed by atoms with Crippen molar-refractivity contribution in [2.24, 2.45) is 0 Å². The van der Waals surface area contributed by atoms with Gasteiger partial charge in [-0.3, -0.25) is 0 Å². The maximum absolute atomic E-state index is 11.7. The number of methoxy groups -OCH3 is 1. The zero-order valence-electron chi connectivity index (χ0n) is 9.20. The van der Waals surface area contributed by atoms with Crippen molar-refractivity contribution >= 4 is 22.0 Å². The summed E-state index contributed by atoms with van der Waals surface area (Å²) in [5.41, 5.74) is -0.506. The van der Waals surface area contributed by atoms with Gasteiger partial charge in [-0.25, -0.2) is 9.36 Å². The van der Waals surface area contributed by atoms with Gasteiger partial charge in [0.15, 0.2) is 0 Å². The minimum atomic E-state index is -0.506. The molecule has 15 heavy (non-hydrogen) atoms. The van der Waals surface area contributed by atoms with Gasteiger partial charge in [-0.2, -0.15) is 0 Å². The largest absolute Gasteiger partial charge is 0.495 e. The Morgan fingerprint density at radius 1 is 1.47 bits per heavy atom. The molecule has 0 spiro atoms. The topological polar surface area (TPSA) is 40.5 Å². The van der Waals surface area contributed by atoms with E-state index in [2.05, 4.69) is 15.9 Å². The van der Waals surface area contributed by atoms with Crippen molar-refractivity contribution in [3.05, 3.63) is 16.9 Å². The van der Waals surface area contributed by atoms with Gasteiger partial charge in [-0.15, -0.1) is 0 Å². The first-order chi connectivity index (χ1) is 6.83. The number of carbonyl (C=O) groups excluding carboxylic acids is 1. The van der Waals surface area contributed by atoms with Crippen molar-refractivity contribution < 1.29 is 14.3 Å². The lowest BCUT2D eigenvalue weighted by atomic mass is 10.2. The second kappa shape index (κ2) is 4.26. The summed E-state index contributed by atoms with van der Waals surface area (Å²) in [6.45, 7) is 5.46. The Kier molecular flexibility index (Phi) is 3.44. The van der Waals surface area contributed by atoms with E-state index in [0.717, 1.165) is 0 Å². The molecule has 0 aliphatic heterocycles. The molecule has 0 amide bonds. The van der Waals surface area contributed by atoms with E-state index < -0.39 is 11.7 Å². The molecule has 1 heterocycles. The van der Waals surface area contributed by atoms with E-state index in [9.17, 15) is 4.79 Å². The Morgan fingerprint density at radius 2 is 2.07 bits per heavy atom. The first-order valence-electron chi connectivity index (χ1n) is 4.49. The molecule has 0 N–H and O–H groups in total. The number of hydrogen-bond acceptors (Lipinski definition) is 3. The minimum Gasteiger partial charge on any atom is -0.495 e. The average molecular weight is 276 g/mol. The summed E-state index contributed by atoms with van der Waals surface area (Å²) in [7, 11) is 1.54. The SMILES string of the molecule is COc1cc(Br)n(C(=O)OC(C)(C)C)c1. The summed E-state index contributed by atoms with van der Waals surface area (Å²) in [5.74, 6) is 0.604. The van der Waals surface area contributed by atoms with E-state index in [-0.39, 0.29) is 0 Å². The normalized spacial score (nSPS) is 11.3. The third-order valence-electron chi connectivity index (χ3n) is 1.57. The van der Waals surface area contributed by atoms with Crippen LogP contribution in [0.2, 0.25) is 0 Å². The average Bonchev–Trinajstić information content (AvgIpc) is 2.43. The molecule has 1 aromatic rings. The lowest BCUT2D eigenvalue weighted by molar-refractivity contribution is 0.0533. The van der Waals surface area contributed by atoms with Crippen molar-refractivity contribution in [1.29, 1.82) is 0 Å². The van der Waals surface area contributed by atoms with Crippen LogP contribution in [-0.4, -0.2) is 23.4 Å². The molecule has 0 aliphatic rings. The highest BCUT2D eigenvalue weighted by molar-refractivity contribution is 9.10. The Balaban J connectivity index is 2.87. The first kappa shape index (κ1) is 12.1. The molecule has 1 aromatic heterocycles. The number of halogens is 1. The molecule has 0 fully saturated rings. The highest BCUT2D eigenvalue weighted by Crippen LogP contribution is 2.22. The van der Waals surface area contributed by atoms with E-state index in [4.69, 9.17) is 9.47 Å². The molecule has 4 nitrogen and oxygen atoms in total. The van der Waals surface area contributed by atoms with E-state index in [1.807, 2.05) is 20.8 Å². The second-order valence-corrected chi connectivity index (χ2v) is 4.87. The minimum absolute atomic E-state index is 0.433. The molecular weight excluding hydrogens is 262 g/mol. The Hall–Kier alpha value is -0.970.